The molecule has 2 saturated heterocycles. The van der Waals surface area contributed by atoms with Crippen molar-refractivity contribution in [1.29, 1.82) is 0 Å². The van der Waals surface area contributed by atoms with Crippen molar-refractivity contribution in [3.63, 3.8) is 0 Å². The number of hydrogen-bond acceptors (Lipinski definition) is 4. The van der Waals surface area contributed by atoms with Crippen molar-refractivity contribution in [1.82, 2.24) is 9.88 Å². The fraction of sp³-hybridized carbons (Fsp3) is 0.455. The molecule has 28 heavy (non-hydrogen) atoms. The molecule has 0 aliphatic carbocycles. The molecule has 5 nitrogen and oxygen atoms in total. The Morgan fingerprint density at radius 1 is 1.25 bits per heavy atom. The number of ether oxygens (including phenoxy) is 1. The van der Waals surface area contributed by atoms with E-state index in [0.29, 0.717) is 36.6 Å². The fourth-order valence-electron chi connectivity index (χ4n) is 4.91. The summed E-state index contributed by atoms with van der Waals surface area (Å²) in [6, 6.07) is 12.4. The second-order valence-corrected chi connectivity index (χ2v) is 8.30. The number of halogens is 1. The third-order valence-electron chi connectivity index (χ3n) is 5.96. The number of piperidine rings is 1. The van der Waals surface area contributed by atoms with E-state index in [9.17, 15) is 9.18 Å². The van der Waals surface area contributed by atoms with Crippen molar-refractivity contribution in [2.24, 2.45) is 5.92 Å². The second kappa shape index (κ2) is 7.08. The number of hydrogen-bond donors (Lipinski definition) is 0. The largest absolute Gasteiger partial charge is 0.481 e. The van der Waals surface area contributed by atoms with Crippen LogP contribution in [-0.2, 0) is 0 Å². The first kappa shape index (κ1) is 18.7. The van der Waals surface area contributed by atoms with Gasteiger partial charge in [0.1, 0.15) is 11.5 Å². The Morgan fingerprint density at radius 2 is 2.04 bits per heavy atom. The van der Waals surface area contributed by atoms with Gasteiger partial charge in [-0.15, -0.1) is 0 Å². The molecule has 2 aliphatic rings. The molecule has 1 aromatic carbocycles. The van der Waals surface area contributed by atoms with Gasteiger partial charge in [-0.05, 0) is 56.9 Å². The molecule has 0 N–H and O–H groups in total. The van der Waals surface area contributed by atoms with Gasteiger partial charge in [-0.1, -0.05) is 12.1 Å². The zero-order valence-corrected chi connectivity index (χ0v) is 16.6. The number of fused-ring (bicyclic) bond motifs is 1. The summed E-state index contributed by atoms with van der Waals surface area (Å²) >= 11 is 0. The molecule has 6 heteroatoms. The number of nitrogens with zero attached hydrogens (tertiary/aromatic N) is 3. The zero-order chi connectivity index (χ0) is 19.9. The van der Waals surface area contributed by atoms with Crippen LogP contribution in [-0.4, -0.2) is 47.6 Å². The highest BCUT2D eigenvalue weighted by atomic mass is 19.1. The molecular formula is C22H26FN3O2. The van der Waals surface area contributed by atoms with Crippen LogP contribution in [0.1, 0.15) is 37.2 Å². The van der Waals surface area contributed by atoms with E-state index in [0.717, 1.165) is 18.5 Å². The standard InChI is InChI=1S/C22H26FN3O2/c1-22(2)13-15-14-25(21(27)18-8-5-9-20(24-18)28-3)11-10-19(15)26(22)17-7-4-6-16(23)12-17/h4-9,12,15,19H,10-11,13-14H2,1-3H3/t15-,19+/m1/s1. The third kappa shape index (κ3) is 3.32. The van der Waals surface area contributed by atoms with E-state index in [1.807, 2.05) is 11.0 Å². The lowest BCUT2D eigenvalue weighted by Crippen LogP contribution is -2.50. The number of likely N-dealkylation sites (tertiary alicyclic amines) is 1. The molecule has 1 amide bonds. The predicted molar refractivity (Wildman–Crippen MR) is 106 cm³/mol. The van der Waals surface area contributed by atoms with Crippen LogP contribution >= 0.6 is 0 Å². The lowest BCUT2D eigenvalue weighted by molar-refractivity contribution is 0.0660. The van der Waals surface area contributed by atoms with Gasteiger partial charge in [0.05, 0.1) is 7.11 Å². The van der Waals surface area contributed by atoms with Crippen LogP contribution in [0, 0.1) is 11.7 Å². The summed E-state index contributed by atoms with van der Waals surface area (Å²) in [7, 11) is 1.55. The average Bonchev–Trinajstić information content (AvgIpc) is 2.96. The van der Waals surface area contributed by atoms with Crippen molar-refractivity contribution in [3.8, 4) is 5.88 Å². The van der Waals surface area contributed by atoms with Gasteiger partial charge in [0.15, 0.2) is 0 Å². The second-order valence-electron chi connectivity index (χ2n) is 8.30. The minimum Gasteiger partial charge on any atom is -0.481 e. The van der Waals surface area contributed by atoms with Gasteiger partial charge in [-0.3, -0.25) is 4.79 Å². The summed E-state index contributed by atoms with van der Waals surface area (Å²) in [6.07, 6.45) is 1.82. The van der Waals surface area contributed by atoms with E-state index < -0.39 is 0 Å². The lowest BCUT2D eigenvalue weighted by Gasteiger charge is -2.41. The molecule has 0 radical (unpaired) electrons. The van der Waals surface area contributed by atoms with Gasteiger partial charge in [0, 0.05) is 36.4 Å². The molecule has 0 unspecified atom stereocenters. The first-order valence-electron chi connectivity index (χ1n) is 9.74. The minimum absolute atomic E-state index is 0.0561. The summed E-state index contributed by atoms with van der Waals surface area (Å²) < 4.78 is 19.0. The first-order valence-corrected chi connectivity index (χ1v) is 9.74. The molecule has 0 spiro atoms. The van der Waals surface area contributed by atoms with Gasteiger partial charge >= 0.3 is 0 Å². The summed E-state index contributed by atoms with van der Waals surface area (Å²) in [5, 5.41) is 0. The number of amides is 1. The monoisotopic (exact) mass is 383 g/mol. The van der Waals surface area contributed by atoms with Gasteiger partial charge in [-0.25, -0.2) is 9.37 Å². The first-order chi connectivity index (χ1) is 13.4. The highest BCUT2D eigenvalue weighted by Gasteiger charge is 2.48. The van der Waals surface area contributed by atoms with E-state index in [-0.39, 0.29) is 17.3 Å². The Bertz CT molecular complexity index is 886. The Balaban J connectivity index is 1.54. The van der Waals surface area contributed by atoms with E-state index >= 15 is 0 Å². The van der Waals surface area contributed by atoms with E-state index in [1.54, 1.807) is 37.4 Å². The number of aromatic nitrogens is 1. The summed E-state index contributed by atoms with van der Waals surface area (Å²) in [5.41, 5.74) is 1.25. The van der Waals surface area contributed by atoms with Gasteiger partial charge in [0.2, 0.25) is 5.88 Å². The number of carbonyl (C=O) groups is 1. The van der Waals surface area contributed by atoms with Crippen molar-refractivity contribution in [2.45, 2.75) is 38.3 Å². The van der Waals surface area contributed by atoms with Gasteiger partial charge in [-0.2, -0.15) is 0 Å². The van der Waals surface area contributed by atoms with Gasteiger partial charge < -0.3 is 14.5 Å². The molecule has 3 heterocycles. The predicted octanol–water partition coefficient (Wildman–Crippen LogP) is 3.75. The Kier molecular flexibility index (Phi) is 4.73. The minimum atomic E-state index is -0.214. The maximum absolute atomic E-state index is 13.8. The maximum atomic E-state index is 13.8. The van der Waals surface area contributed by atoms with Crippen LogP contribution in [0.3, 0.4) is 0 Å². The number of benzene rings is 1. The van der Waals surface area contributed by atoms with Crippen molar-refractivity contribution in [2.75, 3.05) is 25.1 Å². The SMILES string of the molecule is COc1cccc(C(=O)N2CC[C@H]3[C@@H](C2)CC(C)(C)N3c2cccc(F)c2)n1. The lowest BCUT2D eigenvalue weighted by atomic mass is 9.89. The molecule has 4 rings (SSSR count). The fourth-order valence-corrected chi connectivity index (χ4v) is 4.91. The van der Waals surface area contributed by atoms with Crippen LogP contribution in [0.15, 0.2) is 42.5 Å². The summed E-state index contributed by atoms with van der Waals surface area (Å²) in [6.45, 7) is 5.76. The number of pyridine rings is 1. The number of rotatable bonds is 3. The van der Waals surface area contributed by atoms with Crippen molar-refractivity contribution >= 4 is 11.6 Å². The Hall–Kier alpha value is -2.63. The highest BCUT2D eigenvalue weighted by molar-refractivity contribution is 5.92. The van der Waals surface area contributed by atoms with E-state index in [2.05, 4.69) is 23.7 Å². The van der Waals surface area contributed by atoms with Crippen LogP contribution in [0.25, 0.3) is 0 Å². The quantitative estimate of drug-likeness (QED) is 0.810. The third-order valence-corrected chi connectivity index (χ3v) is 5.96. The van der Waals surface area contributed by atoms with Crippen molar-refractivity contribution in [3.05, 3.63) is 54.0 Å². The molecule has 0 bridgehead atoms. The summed E-state index contributed by atoms with van der Waals surface area (Å²) in [4.78, 5) is 21.5. The van der Waals surface area contributed by atoms with Crippen molar-refractivity contribution < 1.29 is 13.9 Å². The van der Waals surface area contributed by atoms with Crippen LogP contribution < -0.4 is 9.64 Å². The topological polar surface area (TPSA) is 45.7 Å². The number of anilines is 1. The molecule has 0 saturated carbocycles. The number of carbonyl (C=O) groups excluding carboxylic acids is 1. The van der Waals surface area contributed by atoms with Crippen LogP contribution in [0.2, 0.25) is 0 Å². The highest BCUT2D eigenvalue weighted by Crippen LogP contribution is 2.44. The zero-order valence-electron chi connectivity index (χ0n) is 16.6. The molecular weight excluding hydrogens is 357 g/mol. The van der Waals surface area contributed by atoms with Crippen LogP contribution in [0.4, 0.5) is 10.1 Å². The average molecular weight is 383 g/mol. The molecule has 1 aromatic heterocycles. The molecule has 148 valence electrons. The maximum Gasteiger partial charge on any atom is 0.272 e. The molecule has 2 fully saturated rings. The molecule has 2 atom stereocenters. The normalized spacial score (nSPS) is 23.4. The summed E-state index contributed by atoms with van der Waals surface area (Å²) in [5.74, 6) is 0.523. The molecule has 2 aromatic rings. The molecule has 2 aliphatic heterocycles. The van der Waals surface area contributed by atoms with Crippen LogP contribution in [0.5, 0.6) is 5.88 Å². The van der Waals surface area contributed by atoms with E-state index in [1.165, 1.54) is 6.07 Å². The number of methoxy groups -OCH3 is 1. The Morgan fingerprint density at radius 3 is 2.79 bits per heavy atom. The smallest absolute Gasteiger partial charge is 0.272 e. The van der Waals surface area contributed by atoms with Gasteiger partial charge in [0.25, 0.3) is 5.91 Å². The van der Waals surface area contributed by atoms with E-state index in [4.69, 9.17) is 4.74 Å². The Labute approximate surface area is 165 Å².